The van der Waals surface area contributed by atoms with Gasteiger partial charge in [0.1, 0.15) is 6.61 Å². The maximum Gasteiger partial charge on any atom is 0.407 e. The van der Waals surface area contributed by atoms with E-state index in [4.69, 9.17) is 4.74 Å². The van der Waals surface area contributed by atoms with Gasteiger partial charge in [0.15, 0.2) is 0 Å². The predicted molar refractivity (Wildman–Crippen MR) is 128 cm³/mol. The van der Waals surface area contributed by atoms with Gasteiger partial charge in [-0.2, -0.15) is 0 Å². The summed E-state index contributed by atoms with van der Waals surface area (Å²) in [5.74, 6) is -1.15. The van der Waals surface area contributed by atoms with Gasteiger partial charge in [-0.05, 0) is 41.5 Å². The quantitative estimate of drug-likeness (QED) is 0.456. The summed E-state index contributed by atoms with van der Waals surface area (Å²) in [7, 11) is 0. The summed E-state index contributed by atoms with van der Waals surface area (Å²) in [4.78, 5) is 36.4. The number of alkyl carbamates (subject to hydrolysis) is 1. The second-order valence-corrected chi connectivity index (χ2v) is 9.38. The number of amides is 2. The summed E-state index contributed by atoms with van der Waals surface area (Å²) in [5, 5.41) is 14.9. The summed E-state index contributed by atoms with van der Waals surface area (Å²) in [6.07, 6.45) is 3.17. The molecule has 2 aliphatic carbocycles. The van der Waals surface area contributed by atoms with Crippen molar-refractivity contribution < 1.29 is 24.2 Å². The van der Waals surface area contributed by atoms with Crippen molar-refractivity contribution in [2.75, 3.05) is 13.2 Å². The molecule has 180 valence electrons. The van der Waals surface area contributed by atoms with Crippen molar-refractivity contribution in [2.45, 2.75) is 57.4 Å². The zero-order valence-electron chi connectivity index (χ0n) is 19.5. The molecular weight excluding hydrogens is 432 g/mol. The van der Waals surface area contributed by atoms with Crippen LogP contribution in [0.2, 0.25) is 0 Å². The van der Waals surface area contributed by atoms with Crippen LogP contribution in [-0.4, -0.2) is 42.3 Å². The molecule has 4 rings (SSSR count). The maximum absolute atomic E-state index is 12.7. The number of carbonyl (C=O) groups excluding carboxylic acids is 2. The van der Waals surface area contributed by atoms with Gasteiger partial charge in [0.25, 0.3) is 0 Å². The first kappa shape index (κ1) is 23.8. The number of carbonyl (C=O) groups is 3. The molecule has 0 spiro atoms. The highest BCUT2D eigenvalue weighted by atomic mass is 16.5. The third-order valence-corrected chi connectivity index (χ3v) is 6.93. The number of nitrogens with one attached hydrogen (secondary N) is 2. The Bertz CT molecular complexity index is 1020. The Morgan fingerprint density at radius 2 is 1.68 bits per heavy atom. The zero-order valence-corrected chi connectivity index (χ0v) is 19.5. The van der Waals surface area contributed by atoms with Gasteiger partial charge < -0.3 is 20.5 Å². The lowest BCUT2D eigenvalue weighted by atomic mass is 9.98. The summed E-state index contributed by atoms with van der Waals surface area (Å²) in [5.41, 5.74) is 3.81. The molecule has 1 saturated carbocycles. The molecule has 2 aromatic carbocycles. The van der Waals surface area contributed by atoms with Gasteiger partial charge in [0.05, 0.1) is 5.41 Å². The van der Waals surface area contributed by atoms with Crippen molar-refractivity contribution in [3.05, 3.63) is 59.7 Å². The van der Waals surface area contributed by atoms with E-state index < -0.39 is 17.5 Å². The fraction of sp³-hybridized carbons (Fsp3) is 0.444. The number of rotatable bonds is 11. The normalized spacial score (nSPS) is 16.1. The minimum Gasteiger partial charge on any atom is -0.481 e. The highest BCUT2D eigenvalue weighted by Crippen LogP contribution is 2.45. The third-order valence-electron chi connectivity index (χ3n) is 6.93. The lowest BCUT2D eigenvalue weighted by molar-refractivity contribution is -0.143. The number of unbranched alkanes of at least 4 members (excludes halogenated alkanes) is 1. The lowest BCUT2D eigenvalue weighted by Crippen LogP contribution is -2.41. The van der Waals surface area contributed by atoms with Gasteiger partial charge in [0, 0.05) is 24.9 Å². The van der Waals surface area contributed by atoms with Crippen molar-refractivity contribution in [3.63, 3.8) is 0 Å². The number of fused-ring (bicyclic) bond motifs is 3. The number of carboxylic acids is 1. The van der Waals surface area contributed by atoms with E-state index in [1.807, 2.05) is 31.2 Å². The Morgan fingerprint density at radius 3 is 2.24 bits per heavy atom. The Balaban J connectivity index is 1.32. The summed E-state index contributed by atoms with van der Waals surface area (Å²) >= 11 is 0. The largest absolute Gasteiger partial charge is 0.481 e. The summed E-state index contributed by atoms with van der Waals surface area (Å²) in [6, 6.07) is 16.0. The molecule has 2 aliphatic rings. The van der Waals surface area contributed by atoms with E-state index in [1.165, 1.54) is 11.1 Å². The fourth-order valence-electron chi connectivity index (χ4n) is 4.66. The number of hydrogen-bond acceptors (Lipinski definition) is 4. The van der Waals surface area contributed by atoms with Crippen LogP contribution in [0.25, 0.3) is 11.1 Å². The Morgan fingerprint density at radius 1 is 1.06 bits per heavy atom. The van der Waals surface area contributed by atoms with E-state index in [2.05, 4.69) is 34.9 Å². The van der Waals surface area contributed by atoms with Crippen LogP contribution in [0.3, 0.4) is 0 Å². The van der Waals surface area contributed by atoms with E-state index in [1.54, 1.807) is 0 Å². The fourth-order valence-corrected chi connectivity index (χ4v) is 4.66. The number of ether oxygens (including phenoxy) is 1. The number of carboxylic acid groups (broad SMARTS) is 1. The van der Waals surface area contributed by atoms with Crippen LogP contribution >= 0.6 is 0 Å². The molecule has 1 fully saturated rings. The standard InChI is InChI=1S/C27H32N2O5/c1-2-3-8-18(15-24(30)28-17-27(13-14-27)25(31)32)29-26(33)34-16-23-21-11-6-4-9-19(21)20-10-5-7-12-22(20)23/h4-7,9-12,18,23H,2-3,8,13-17H2,1H3,(H,28,30)(H,29,33)(H,31,32). The first-order valence-corrected chi connectivity index (χ1v) is 12.0. The van der Waals surface area contributed by atoms with Gasteiger partial charge in [-0.3, -0.25) is 9.59 Å². The van der Waals surface area contributed by atoms with E-state index >= 15 is 0 Å². The van der Waals surface area contributed by atoms with Crippen molar-refractivity contribution >= 4 is 18.0 Å². The van der Waals surface area contributed by atoms with Crippen LogP contribution < -0.4 is 10.6 Å². The Hall–Kier alpha value is -3.35. The van der Waals surface area contributed by atoms with Gasteiger partial charge in [0.2, 0.25) is 5.91 Å². The van der Waals surface area contributed by atoms with Crippen LogP contribution in [0.5, 0.6) is 0 Å². The van der Waals surface area contributed by atoms with E-state index in [9.17, 15) is 19.5 Å². The first-order valence-electron chi connectivity index (χ1n) is 12.0. The van der Waals surface area contributed by atoms with Crippen LogP contribution in [0, 0.1) is 5.41 Å². The molecule has 0 radical (unpaired) electrons. The van der Waals surface area contributed by atoms with Crippen LogP contribution in [0.4, 0.5) is 4.79 Å². The van der Waals surface area contributed by atoms with Crippen molar-refractivity contribution in [3.8, 4) is 11.1 Å². The monoisotopic (exact) mass is 464 g/mol. The topological polar surface area (TPSA) is 105 Å². The van der Waals surface area contributed by atoms with Gasteiger partial charge in [-0.1, -0.05) is 68.3 Å². The molecule has 0 bridgehead atoms. The highest BCUT2D eigenvalue weighted by molar-refractivity contribution is 5.82. The molecule has 0 saturated heterocycles. The molecule has 0 aliphatic heterocycles. The van der Waals surface area contributed by atoms with Crippen molar-refractivity contribution in [1.82, 2.24) is 10.6 Å². The zero-order chi connectivity index (χ0) is 24.1. The highest BCUT2D eigenvalue weighted by Gasteiger charge is 2.50. The molecule has 0 aromatic heterocycles. The number of hydrogen-bond donors (Lipinski definition) is 3. The Labute approximate surface area is 199 Å². The summed E-state index contributed by atoms with van der Waals surface area (Å²) in [6.45, 7) is 2.40. The molecular formula is C27H32N2O5. The van der Waals surface area contributed by atoms with Crippen molar-refractivity contribution in [1.29, 1.82) is 0 Å². The smallest absolute Gasteiger partial charge is 0.407 e. The molecule has 34 heavy (non-hydrogen) atoms. The molecule has 7 nitrogen and oxygen atoms in total. The van der Waals surface area contributed by atoms with Gasteiger partial charge in [-0.25, -0.2) is 4.79 Å². The minimum absolute atomic E-state index is 0.0266. The molecule has 2 amide bonds. The molecule has 7 heteroatoms. The average molecular weight is 465 g/mol. The molecule has 3 N–H and O–H groups in total. The van der Waals surface area contributed by atoms with Crippen LogP contribution in [0.15, 0.2) is 48.5 Å². The molecule has 1 atom stereocenters. The van der Waals surface area contributed by atoms with E-state index in [0.717, 1.165) is 24.0 Å². The Kier molecular flexibility index (Phi) is 7.20. The predicted octanol–water partition coefficient (Wildman–Crippen LogP) is 4.46. The molecule has 2 aromatic rings. The van der Waals surface area contributed by atoms with Crippen molar-refractivity contribution in [2.24, 2.45) is 5.41 Å². The second kappa shape index (κ2) is 10.3. The van der Waals surface area contributed by atoms with E-state index in [0.29, 0.717) is 19.3 Å². The lowest BCUT2D eigenvalue weighted by Gasteiger charge is -2.20. The van der Waals surface area contributed by atoms with Crippen LogP contribution in [0.1, 0.15) is 62.5 Å². The number of aliphatic carboxylic acids is 1. The summed E-state index contributed by atoms with van der Waals surface area (Å²) < 4.78 is 5.63. The van der Waals surface area contributed by atoms with Gasteiger partial charge >= 0.3 is 12.1 Å². The molecule has 1 unspecified atom stereocenters. The second-order valence-electron chi connectivity index (χ2n) is 9.38. The van der Waals surface area contributed by atoms with E-state index in [-0.39, 0.29) is 37.4 Å². The number of benzene rings is 2. The average Bonchev–Trinajstić information content (AvgIpc) is 3.57. The minimum atomic E-state index is -0.868. The molecule has 0 heterocycles. The SMILES string of the molecule is CCCCC(CC(=O)NCC1(C(=O)O)CC1)NC(=O)OCC1c2ccccc2-c2ccccc21. The maximum atomic E-state index is 12.7. The third kappa shape index (κ3) is 5.24. The van der Waals surface area contributed by atoms with Gasteiger partial charge in [-0.15, -0.1) is 0 Å². The first-order chi connectivity index (χ1) is 16.4. The van der Waals surface area contributed by atoms with Crippen LogP contribution in [-0.2, 0) is 14.3 Å².